The van der Waals surface area contributed by atoms with Crippen molar-refractivity contribution in [2.24, 2.45) is 0 Å². The number of likely N-dealkylation sites (N-methyl/N-ethyl adjacent to an activating group) is 1. The minimum absolute atomic E-state index is 0.0149. The first kappa shape index (κ1) is 20.2. The lowest BCUT2D eigenvalue weighted by Crippen LogP contribution is -2.43. The van der Waals surface area contributed by atoms with Crippen molar-refractivity contribution in [3.05, 3.63) is 34.9 Å². The lowest BCUT2D eigenvalue weighted by Gasteiger charge is -2.28. The van der Waals surface area contributed by atoms with Crippen LogP contribution in [0.2, 0.25) is 5.02 Å². The predicted molar refractivity (Wildman–Crippen MR) is 112 cm³/mol. The third kappa shape index (κ3) is 4.13. The highest BCUT2D eigenvalue weighted by Crippen LogP contribution is 2.36. The fourth-order valence-corrected chi connectivity index (χ4v) is 4.51. The van der Waals surface area contributed by atoms with Crippen molar-refractivity contribution in [1.82, 2.24) is 15.0 Å². The van der Waals surface area contributed by atoms with Crippen molar-refractivity contribution in [2.75, 3.05) is 45.7 Å². The predicted octanol–water partition coefficient (Wildman–Crippen LogP) is 3.36. The number of carbonyl (C=O) groups excluding carboxylic acids is 1. The number of aromatic nitrogens is 1. The van der Waals surface area contributed by atoms with Gasteiger partial charge in [-0.1, -0.05) is 16.8 Å². The van der Waals surface area contributed by atoms with Gasteiger partial charge in [0, 0.05) is 42.9 Å². The molecule has 2 aliphatic rings. The summed E-state index contributed by atoms with van der Waals surface area (Å²) < 4.78 is 10.8. The van der Waals surface area contributed by atoms with E-state index in [9.17, 15) is 4.79 Å². The van der Waals surface area contributed by atoms with Crippen LogP contribution in [0.1, 0.15) is 29.6 Å². The summed E-state index contributed by atoms with van der Waals surface area (Å²) in [5.41, 5.74) is 1.27. The number of methoxy groups -OCH3 is 1. The fraction of sp³-hybridized carbons (Fsp3) is 0.524. The van der Waals surface area contributed by atoms with E-state index in [2.05, 4.69) is 27.3 Å². The number of nitrogens with one attached hydrogen (secondary N) is 1. The van der Waals surface area contributed by atoms with Gasteiger partial charge in [0.25, 0.3) is 5.91 Å². The van der Waals surface area contributed by atoms with Crippen molar-refractivity contribution < 1.29 is 14.1 Å². The summed E-state index contributed by atoms with van der Waals surface area (Å²) in [6, 6.07) is 7.76. The molecule has 0 spiro atoms. The Morgan fingerprint density at radius 2 is 2.03 bits per heavy atom. The maximum Gasteiger partial charge on any atom is 0.262 e. The molecule has 1 aromatic heterocycles. The summed E-state index contributed by atoms with van der Waals surface area (Å²) in [6.07, 6.45) is 3.08. The summed E-state index contributed by atoms with van der Waals surface area (Å²) >= 11 is 6.04. The number of halogens is 1. The molecule has 2 bridgehead atoms. The van der Waals surface area contributed by atoms with Gasteiger partial charge in [-0.15, -0.1) is 0 Å². The van der Waals surface area contributed by atoms with Crippen molar-refractivity contribution in [3.8, 4) is 11.3 Å². The number of anilines is 1. The minimum atomic E-state index is -0.0149. The molecule has 1 N–H and O–H groups in total. The fourth-order valence-electron chi connectivity index (χ4n) is 4.38. The van der Waals surface area contributed by atoms with E-state index in [0.717, 1.165) is 37.9 Å². The zero-order valence-corrected chi connectivity index (χ0v) is 17.6. The van der Waals surface area contributed by atoms with E-state index in [0.29, 0.717) is 35.3 Å². The molecule has 0 unspecified atom stereocenters. The quantitative estimate of drug-likeness (QED) is 0.725. The molecule has 2 saturated heterocycles. The molecular weight excluding hydrogens is 392 g/mol. The standard InChI is InChI=1S/C21H27ClN4O3/c1-25-11-9-16-7-8-17(13-25)26(16)21(27)18-19(14-3-5-15(22)6-4-14)29-24-20(18)23-10-12-28-2/h3-6,16-17H,7-13H2,1-2H3,(H,23,24)/t16-,17+/m1/s1. The molecule has 7 nitrogen and oxygen atoms in total. The molecule has 0 saturated carbocycles. The molecule has 1 amide bonds. The summed E-state index contributed by atoms with van der Waals surface area (Å²) in [5, 5.41) is 8.01. The van der Waals surface area contributed by atoms with Gasteiger partial charge in [-0.2, -0.15) is 0 Å². The van der Waals surface area contributed by atoms with Crippen LogP contribution in [0, 0.1) is 0 Å². The van der Waals surface area contributed by atoms with Crippen LogP contribution in [0.5, 0.6) is 0 Å². The molecule has 8 heteroatoms. The number of amides is 1. The van der Waals surface area contributed by atoms with Gasteiger partial charge in [-0.05, 0) is 57.1 Å². The van der Waals surface area contributed by atoms with Crippen LogP contribution in [-0.4, -0.2) is 73.3 Å². The lowest BCUT2D eigenvalue weighted by atomic mass is 10.1. The van der Waals surface area contributed by atoms with Crippen molar-refractivity contribution in [2.45, 2.75) is 31.3 Å². The number of ether oxygens (including phenoxy) is 1. The maximum absolute atomic E-state index is 13.8. The molecule has 2 aliphatic heterocycles. The van der Waals surface area contributed by atoms with Gasteiger partial charge >= 0.3 is 0 Å². The van der Waals surface area contributed by atoms with E-state index >= 15 is 0 Å². The summed E-state index contributed by atoms with van der Waals surface area (Å²) in [7, 11) is 3.76. The summed E-state index contributed by atoms with van der Waals surface area (Å²) in [4.78, 5) is 18.2. The van der Waals surface area contributed by atoms with Gasteiger partial charge in [0.2, 0.25) is 0 Å². The third-order valence-corrected chi connectivity index (χ3v) is 6.08. The average molecular weight is 419 g/mol. The second kappa shape index (κ2) is 8.73. The molecule has 156 valence electrons. The number of benzene rings is 1. The summed E-state index contributed by atoms with van der Waals surface area (Å²) in [5.74, 6) is 0.927. The third-order valence-electron chi connectivity index (χ3n) is 5.83. The van der Waals surface area contributed by atoms with E-state index in [1.807, 2.05) is 12.1 Å². The van der Waals surface area contributed by atoms with Crippen molar-refractivity contribution in [1.29, 1.82) is 0 Å². The Morgan fingerprint density at radius 3 is 2.79 bits per heavy atom. The molecule has 0 radical (unpaired) electrons. The Morgan fingerprint density at radius 1 is 1.28 bits per heavy atom. The molecule has 3 heterocycles. The zero-order valence-electron chi connectivity index (χ0n) is 16.9. The van der Waals surface area contributed by atoms with Crippen LogP contribution in [0.3, 0.4) is 0 Å². The van der Waals surface area contributed by atoms with Gasteiger partial charge in [-0.3, -0.25) is 4.79 Å². The smallest absolute Gasteiger partial charge is 0.262 e. The molecular formula is C21H27ClN4O3. The van der Waals surface area contributed by atoms with E-state index < -0.39 is 0 Å². The van der Waals surface area contributed by atoms with Crippen LogP contribution in [-0.2, 0) is 4.74 Å². The van der Waals surface area contributed by atoms with Gasteiger partial charge in [0.15, 0.2) is 11.6 Å². The minimum Gasteiger partial charge on any atom is -0.383 e. The van der Waals surface area contributed by atoms with Crippen LogP contribution in [0.25, 0.3) is 11.3 Å². The van der Waals surface area contributed by atoms with Crippen LogP contribution < -0.4 is 5.32 Å². The van der Waals surface area contributed by atoms with Gasteiger partial charge in [0.1, 0.15) is 5.56 Å². The molecule has 1 aromatic carbocycles. The number of carbonyl (C=O) groups is 1. The number of hydrogen-bond acceptors (Lipinski definition) is 6. The number of rotatable bonds is 6. The van der Waals surface area contributed by atoms with Crippen LogP contribution in [0.15, 0.2) is 28.8 Å². The van der Waals surface area contributed by atoms with E-state index in [4.69, 9.17) is 20.9 Å². The van der Waals surface area contributed by atoms with Crippen molar-refractivity contribution >= 4 is 23.3 Å². The monoisotopic (exact) mass is 418 g/mol. The number of fused-ring (bicyclic) bond motifs is 2. The first-order chi connectivity index (χ1) is 14.1. The highest BCUT2D eigenvalue weighted by atomic mass is 35.5. The Labute approximate surface area is 175 Å². The molecule has 29 heavy (non-hydrogen) atoms. The van der Waals surface area contributed by atoms with Gasteiger partial charge < -0.3 is 24.4 Å². The second-order valence-corrected chi connectivity index (χ2v) is 8.25. The van der Waals surface area contributed by atoms with Crippen LogP contribution in [0.4, 0.5) is 5.82 Å². The number of nitrogens with zero attached hydrogens (tertiary/aromatic N) is 3. The second-order valence-electron chi connectivity index (χ2n) is 7.81. The van der Waals surface area contributed by atoms with Gasteiger partial charge in [0.05, 0.1) is 6.61 Å². The molecule has 4 rings (SSSR count). The highest BCUT2D eigenvalue weighted by molar-refractivity contribution is 6.30. The largest absolute Gasteiger partial charge is 0.383 e. The number of hydrogen-bond donors (Lipinski definition) is 1. The molecule has 2 fully saturated rings. The Bertz CT molecular complexity index is 854. The Balaban J connectivity index is 1.70. The number of likely N-dealkylation sites (tertiary alicyclic amines) is 1. The van der Waals surface area contributed by atoms with E-state index in [-0.39, 0.29) is 18.0 Å². The normalized spacial score (nSPS) is 22.0. The average Bonchev–Trinajstić information content (AvgIpc) is 3.26. The molecule has 0 aliphatic carbocycles. The maximum atomic E-state index is 13.8. The topological polar surface area (TPSA) is 70.8 Å². The van der Waals surface area contributed by atoms with E-state index in [1.165, 1.54) is 0 Å². The Hall–Kier alpha value is -2.09. The first-order valence-electron chi connectivity index (χ1n) is 10.1. The zero-order chi connectivity index (χ0) is 20.4. The van der Waals surface area contributed by atoms with Crippen LogP contribution >= 0.6 is 11.6 Å². The Kier molecular flexibility index (Phi) is 6.08. The van der Waals surface area contributed by atoms with Gasteiger partial charge in [-0.25, -0.2) is 0 Å². The van der Waals surface area contributed by atoms with E-state index in [1.54, 1.807) is 19.2 Å². The highest BCUT2D eigenvalue weighted by Gasteiger charge is 2.42. The summed E-state index contributed by atoms with van der Waals surface area (Å²) in [6.45, 7) is 2.96. The molecule has 2 atom stereocenters. The lowest BCUT2D eigenvalue weighted by molar-refractivity contribution is 0.0674. The van der Waals surface area contributed by atoms with Crippen molar-refractivity contribution in [3.63, 3.8) is 0 Å². The SMILES string of the molecule is COCCNc1noc(-c2ccc(Cl)cc2)c1C(=O)N1[C@@H]2CC[C@H]1CN(C)CC2. The molecule has 2 aromatic rings. The first-order valence-corrected chi connectivity index (χ1v) is 10.5.